The normalized spacial score (nSPS) is 22.0. The monoisotopic (exact) mass is 385 g/mol. The molecule has 1 aromatic rings. The lowest BCUT2D eigenvalue weighted by Gasteiger charge is -2.38. The second kappa shape index (κ2) is 7.74. The van der Waals surface area contributed by atoms with Crippen LogP contribution in [-0.2, 0) is 4.79 Å². The molecule has 3 rings (SSSR count). The lowest BCUT2D eigenvalue weighted by atomic mass is 9.91. The quantitative estimate of drug-likeness (QED) is 0.589. The van der Waals surface area contributed by atoms with Crippen LogP contribution in [0.1, 0.15) is 25.7 Å². The minimum atomic E-state index is -4.27. The number of hydrogen-bond donors (Lipinski definition) is 0. The molecule has 0 N–H and O–H groups in total. The van der Waals surface area contributed by atoms with Crippen molar-refractivity contribution in [3.8, 4) is 0 Å². The fourth-order valence-electron chi connectivity index (χ4n) is 3.96. The highest BCUT2D eigenvalue weighted by Gasteiger charge is 2.43. The van der Waals surface area contributed by atoms with Crippen molar-refractivity contribution in [1.82, 2.24) is 4.90 Å². The summed E-state index contributed by atoms with van der Waals surface area (Å²) in [7, 11) is 0. The molecule has 2 aliphatic rings. The number of carbonyl (C=O) groups is 1. The summed E-state index contributed by atoms with van der Waals surface area (Å²) in [5.74, 6) is -1.98. The summed E-state index contributed by atoms with van der Waals surface area (Å²) >= 11 is 0. The Morgan fingerprint density at radius 3 is 2.41 bits per heavy atom. The molecule has 9 heteroatoms. The van der Waals surface area contributed by atoms with E-state index in [1.165, 1.54) is 11.0 Å². The number of benzene rings is 1. The number of halogens is 3. The zero-order valence-electron chi connectivity index (χ0n) is 14.8. The zero-order chi connectivity index (χ0) is 19.6. The lowest BCUT2D eigenvalue weighted by molar-refractivity contribution is -0.384. The Balaban J connectivity index is 1.61. The number of rotatable bonds is 3. The van der Waals surface area contributed by atoms with E-state index in [1.54, 1.807) is 18.2 Å². The maximum Gasteiger partial charge on any atom is 0.393 e. The van der Waals surface area contributed by atoms with Gasteiger partial charge in [0.1, 0.15) is 5.69 Å². The van der Waals surface area contributed by atoms with Crippen LogP contribution in [0.5, 0.6) is 0 Å². The molecule has 1 amide bonds. The molecule has 1 unspecified atom stereocenters. The van der Waals surface area contributed by atoms with Gasteiger partial charge >= 0.3 is 6.18 Å². The zero-order valence-corrected chi connectivity index (χ0v) is 14.8. The summed E-state index contributed by atoms with van der Waals surface area (Å²) in [6.45, 7) is 1.05. The van der Waals surface area contributed by atoms with Crippen molar-refractivity contribution in [2.24, 2.45) is 11.8 Å². The highest BCUT2D eigenvalue weighted by atomic mass is 19.4. The highest BCUT2D eigenvalue weighted by Crippen LogP contribution is 2.35. The smallest absolute Gasteiger partial charge is 0.366 e. The summed E-state index contributed by atoms with van der Waals surface area (Å²) in [4.78, 5) is 26.7. The fraction of sp³-hybridized carbons (Fsp3) is 0.611. The number of amides is 1. The van der Waals surface area contributed by atoms with Gasteiger partial charge in [-0.1, -0.05) is 12.1 Å². The predicted octanol–water partition coefficient (Wildman–Crippen LogP) is 3.61. The third kappa shape index (κ3) is 4.33. The van der Waals surface area contributed by atoms with Crippen molar-refractivity contribution in [3.05, 3.63) is 34.4 Å². The Bertz CT molecular complexity index is 703. The Hall–Kier alpha value is -2.32. The molecule has 148 valence electrons. The van der Waals surface area contributed by atoms with E-state index in [0.29, 0.717) is 44.6 Å². The van der Waals surface area contributed by atoms with Gasteiger partial charge in [0.05, 0.1) is 10.8 Å². The van der Waals surface area contributed by atoms with Crippen LogP contribution in [0.3, 0.4) is 0 Å². The number of alkyl halides is 3. The van der Waals surface area contributed by atoms with E-state index in [2.05, 4.69) is 0 Å². The van der Waals surface area contributed by atoms with Crippen molar-refractivity contribution < 1.29 is 22.9 Å². The Morgan fingerprint density at radius 2 is 1.78 bits per heavy atom. The molecular formula is C18H22F3N3O3. The van der Waals surface area contributed by atoms with E-state index in [9.17, 15) is 28.1 Å². The maximum absolute atomic E-state index is 13.0. The van der Waals surface area contributed by atoms with Crippen molar-refractivity contribution in [2.75, 3.05) is 31.1 Å². The van der Waals surface area contributed by atoms with Crippen LogP contribution >= 0.6 is 0 Å². The van der Waals surface area contributed by atoms with Gasteiger partial charge in [-0.05, 0) is 31.7 Å². The molecule has 0 saturated carbocycles. The molecule has 0 bridgehead atoms. The molecular weight excluding hydrogens is 363 g/mol. The Morgan fingerprint density at radius 1 is 1.11 bits per heavy atom. The van der Waals surface area contributed by atoms with Gasteiger partial charge in [-0.3, -0.25) is 14.9 Å². The molecule has 2 heterocycles. The van der Waals surface area contributed by atoms with Crippen LogP contribution in [0, 0.1) is 22.0 Å². The fourth-order valence-corrected chi connectivity index (χ4v) is 3.96. The van der Waals surface area contributed by atoms with Crippen LogP contribution in [-0.4, -0.2) is 48.1 Å². The minimum Gasteiger partial charge on any atom is -0.366 e. The SMILES string of the molecule is O=C(C1CCN(c2ccccc2[N+](=O)[O-])CC1)N1CCCC(C(F)(F)F)C1. The largest absolute Gasteiger partial charge is 0.393 e. The molecule has 27 heavy (non-hydrogen) atoms. The molecule has 0 aliphatic carbocycles. The summed E-state index contributed by atoms with van der Waals surface area (Å²) in [5, 5.41) is 11.2. The number of para-hydroxylation sites is 2. The van der Waals surface area contributed by atoms with Gasteiger partial charge in [0.15, 0.2) is 0 Å². The van der Waals surface area contributed by atoms with Gasteiger partial charge < -0.3 is 9.80 Å². The van der Waals surface area contributed by atoms with Crippen LogP contribution in [0.4, 0.5) is 24.5 Å². The van der Waals surface area contributed by atoms with Crippen LogP contribution in [0.15, 0.2) is 24.3 Å². The summed E-state index contributed by atoms with van der Waals surface area (Å²) in [5.41, 5.74) is 0.537. The van der Waals surface area contributed by atoms with Crippen LogP contribution in [0.25, 0.3) is 0 Å². The number of carbonyl (C=O) groups excluding carboxylic acids is 1. The number of nitro benzene ring substituents is 1. The number of anilines is 1. The summed E-state index contributed by atoms with van der Waals surface area (Å²) < 4.78 is 38.9. The molecule has 0 radical (unpaired) electrons. The first-order chi connectivity index (χ1) is 12.8. The van der Waals surface area contributed by atoms with Crippen molar-refractivity contribution in [3.63, 3.8) is 0 Å². The first-order valence-corrected chi connectivity index (χ1v) is 9.11. The lowest BCUT2D eigenvalue weighted by Crippen LogP contribution is -2.48. The van der Waals surface area contributed by atoms with E-state index in [0.717, 1.165) is 0 Å². The van der Waals surface area contributed by atoms with E-state index in [-0.39, 0.29) is 30.5 Å². The van der Waals surface area contributed by atoms with Crippen molar-refractivity contribution >= 4 is 17.3 Å². The van der Waals surface area contributed by atoms with Gasteiger partial charge in [-0.15, -0.1) is 0 Å². The average molecular weight is 385 g/mol. The number of hydrogen-bond acceptors (Lipinski definition) is 4. The van der Waals surface area contributed by atoms with Gasteiger partial charge in [0.2, 0.25) is 5.91 Å². The maximum atomic E-state index is 13.0. The highest BCUT2D eigenvalue weighted by molar-refractivity contribution is 5.79. The molecule has 6 nitrogen and oxygen atoms in total. The molecule has 2 saturated heterocycles. The first-order valence-electron chi connectivity index (χ1n) is 9.11. The first kappa shape index (κ1) is 19.4. The summed E-state index contributed by atoms with van der Waals surface area (Å²) in [6, 6.07) is 6.45. The number of nitrogens with zero attached hydrogens (tertiary/aromatic N) is 3. The summed E-state index contributed by atoms with van der Waals surface area (Å²) in [6.07, 6.45) is -2.86. The van der Waals surface area contributed by atoms with E-state index < -0.39 is 17.0 Å². The standard InChI is InChI=1S/C18H22F3N3O3/c19-18(20,21)14-4-3-9-23(12-14)17(25)13-7-10-22(11-8-13)15-5-1-2-6-16(15)24(26)27/h1-2,5-6,13-14H,3-4,7-12H2. The predicted molar refractivity (Wildman–Crippen MR) is 93.4 cm³/mol. The van der Waals surface area contributed by atoms with E-state index in [1.807, 2.05) is 4.90 Å². The molecule has 1 aromatic carbocycles. The number of nitro groups is 1. The number of likely N-dealkylation sites (tertiary alicyclic amines) is 1. The Labute approximate surface area is 155 Å². The van der Waals surface area contributed by atoms with E-state index in [4.69, 9.17) is 0 Å². The van der Waals surface area contributed by atoms with Gasteiger partial charge in [-0.2, -0.15) is 13.2 Å². The van der Waals surface area contributed by atoms with E-state index >= 15 is 0 Å². The number of piperidine rings is 2. The van der Waals surface area contributed by atoms with Gasteiger partial charge in [0.25, 0.3) is 5.69 Å². The van der Waals surface area contributed by atoms with Crippen LogP contribution < -0.4 is 4.90 Å². The molecule has 2 fully saturated rings. The third-order valence-corrected chi connectivity index (χ3v) is 5.46. The second-order valence-corrected chi connectivity index (χ2v) is 7.17. The van der Waals surface area contributed by atoms with Gasteiger partial charge in [0, 0.05) is 38.2 Å². The third-order valence-electron chi connectivity index (χ3n) is 5.46. The molecule has 0 spiro atoms. The van der Waals surface area contributed by atoms with Crippen molar-refractivity contribution in [1.29, 1.82) is 0 Å². The molecule has 1 atom stereocenters. The second-order valence-electron chi connectivity index (χ2n) is 7.17. The minimum absolute atomic E-state index is 0.0197. The topological polar surface area (TPSA) is 66.7 Å². The van der Waals surface area contributed by atoms with Gasteiger partial charge in [-0.25, -0.2) is 0 Å². The van der Waals surface area contributed by atoms with Crippen molar-refractivity contribution in [2.45, 2.75) is 31.9 Å². The van der Waals surface area contributed by atoms with Crippen LogP contribution in [0.2, 0.25) is 0 Å². The molecule has 0 aromatic heterocycles. The average Bonchev–Trinajstić information content (AvgIpc) is 2.67. The molecule has 2 aliphatic heterocycles. The Kier molecular flexibility index (Phi) is 5.57.